The van der Waals surface area contributed by atoms with Crippen LogP contribution in [0.5, 0.6) is 0 Å². The SMILES string of the molecule is CCC/C(=C\C(CCC)C[C@H](C)C1=CC(C)(C)C[C@@H]([C@H](C)C2CCCC(C)(C)C2)C1)C(C)C. The molecule has 0 spiro atoms. The van der Waals surface area contributed by atoms with Crippen molar-refractivity contribution in [1.82, 2.24) is 0 Å². The largest absolute Gasteiger partial charge is 0.0819 e. The fourth-order valence-electron chi connectivity index (χ4n) is 7.38. The normalized spacial score (nSPS) is 28.3. The topological polar surface area (TPSA) is 0 Å². The van der Waals surface area contributed by atoms with E-state index in [9.17, 15) is 0 Å². The fraction of sp³-hybridized carbons (Fsp3) is 0.879. The van der Waals surface area contributed by atoms with Gasteiger partial charge in [0.2, 0.25) is 0 Å². The Morgan fingerprint density at radius 1 is 1.00 bits per heavy atom. The summed E-state index contributed by atoms with van der Waals surface area (Å²) >= 11 is 0. The molecule has 2 aliphatic carbocycles. The summed E-state index contributed by atoms with van der Waals surface area (Å²) in [6.07, 6.45) is 20.5. The van der Waals surface area contributed by atoms with Gasteiger partial charge >= 0.3 is 0 Å². The monoisotopic (exact) mass is 456 g/mol. The Bertz CT molecular complexity index is 643. The molecule has 0 saturated heterocycles. The molecule has 0 N–H and O–H groups in total. The standard InChI is InChI=1S/C33H60/c1-11-14-27(19-28(15-12-2)24(3)4)18-25(5)30-20-31(23-33(9,10)22-30)26(6)29-16-13-17-32(7,8)21-29/h19,22,24-27,29,31H,11-18,20-21,23H2,1-10H3/b28-19+/t25-,26+,27?,29?,31-/m0/s1. The third kappa shape index (κ3) is 8.89. The Kier molecular flexibility index (Phi) is 10.8. The van der Waals surface area contributed by atoms with Crippen LogP contribution in [0.3, 0.4) is 0 Å². The molecule has 1 fully saturated rings. The maximum absolute atomic E-state index is 2.70. The van der Waals surface area contributed by atoms with E-state index in [-0.39, 0.29) is 0 Å². The first-order valence-electron chi connectivity index (χ1n) is 14.8. The van der Waals surface area contributed by atoms with Crippen LogP contribution in [0, 0.1) is 46.3 Å². The van der Waals surface area contributed by atoms with E-state index < -0.39 is 0 Å². The van der Waals surface area contributed by atoms with E-state index in [0.717, 1.165) is 23.7 Å². The second-order valence-electron chi connectivity index (χ2n) is 14.1. The summed E-state index contributed by atoms with van der Waals surface area (Å²) in [7, 11) is 0. The van der Waals surface area contributed by atoms with E-state index in [1.165, 1.54) is 70.6 Å². The summed E-state index contributed by atoms with van der Waals surface area (Å²) in [5.41, 5.74) is 4.40. The molecule has 0 aromatic carbocycles. The van der Waals surface area contributed by atoms with Crippen LogP contribution in [0.15, 0.2) is 23.3 Å². The van der Waals surface area contributed by atoms with Crippen LogP contribution in [-0.4, -0.2) is 0 Å². The van der Waals surface area contributed by atoms with Crippen molar-refractivity contribution in [2.75, 3.05) is 0 Å². The van der Waals surface area contributed by atoms with Gasteiger partial charge in [-0.25, -0.2) is 0 Å². The van der Waals surface area contributed by atoms with Gasteiger partial charge in [-0.15, -0.1) is 0 Å². The van der Waals surface area contributed by atoms with Crippen LogP contribution in [0.25, 0.3) is 0 Å². The van der Waals surface area contributed by atoms with Gasteiger partial charge in [-0.1, -0.05) is 118 Å². The minimum Gasteiger partial charge on any atom is -0.0819 e. The predicted octanol–water partition coefficient (Wildman–Crippen LogP) is 11.0. The molecule has 2 rings (SSSR count). The van der Waals surface area contributed by atoms with Crippen molar-refractivity contribution in [3.8, 4) is 0 Å². The minimum absolute atomic E-state index is 0.354. The highest BCUT2D eigenvalue weighted by atomic mass is 14.4. The molecule has 2 unspecified atom stereocenters. The summed E-state index contributed by atoms with van der Waals surface area (Å²) in [5.74, 6) is 4.82. The smallest absolute Gasteiger partial charge is 0.0169 e. The first-order valence-corrected chi connectivity index (χ1v) is 14.8. The van der Waals surface area contributed by atoms with Crippen molar-refractivity contribution in [2.45, 2.75) is 140 Å². The fourth-order valence-corrected chi connectivity index (χ4v) is 7.38. The molecule has 0 heterocycles. The first-order chi connectivity index (χ1) is 15.4. The lowest BCUT2D eigenvalue weighted by Gasteiger charge is -2.44. The summed E-state index contributed by atoms with van der Waals surface area (Å²) in [6.45, 7) is 24.7. The first kappa shape index (κ1) is 28.7. The van der Waals surface area contributed by atoms with Gasteiger partial charge in [0, 0.05) is 0 Å². The van der Waals surface area contributed by atoms with Gasteiger partial charge in [-0.2, -0.15) is 0 Å². The summed E-state index contributed by atoms with van der Waals surface area (Å²) in [5, 5.41) is 0. The average Bonchev–Trinajstić information content (AvgIpc) is 2.70. The number of hydrogen-bond acceptors (Lipinski definition) is 0. The van der Waals surface area contributed by atoms with Gasteiger partial charge in [0.15, 0.2) is 0 Å². The van der Waals surface area contributed by atoms with Crippen LogP contribution >= 0.6 is 0 Å². The Labute approximate surface area is 209 Å². The minimum atomic E-state index is 0.354. The highest BCUT2D eigenvalue weighted by molar-refractivity contribution is 5.17. The average molecular weight is 457 g/mol. The van der Waals surface area contributed by atoms with Gasteiger partial charge in [-0.3, -0.25) is 0 Å². The zero-order chi connectivity index (χ0) is 24.8. The lowest BCUT2D eigenvalue weighted by molar-refractivity contribution is 0.0917. The van der Waals surface area contributed by atoms with Crippen LogP contribution in [-0.2, 0) is 0 Å². The quantitative estimate of drug-likeness (QED) is 0.271. The van der Waals surface area contributed by atoms with Crippen molar-refractivity contribution in [3.63, 3.8) is 0 Å². The Balaban J connectivity index is 2.14. The molecular formula is C33H60. The van der Waals surface area contributed by atoms with Crippen molar-refractivity contribution < 1.29 is 0 Å². The third-order valence-corrected chi connectivity index (χ3v) is 9.27. The van der Waals surface area contributed by atoms with Gasteiger partial charge in [0.1, 0.15) is 0 Å². The predicted molar refractivity (Wildman–Crippen MR) is 149 cm³/mol. The van der Waals surface area contributed by atoms with Gasteiger partial charge in [-0.05, 0) is 91.3 Å². The summed E-state index contributed by atoms with van der Waals surface area (Å²) in [6, 6.07) is 0. The molecule has 1 saturated carbocycles. The van der Waals surface area contributed by atoms with E-state index in [1.807, 2.05) is 0 Å². The van der Waals surface area contributed by atoms with Crippen LogP contribution in [0.4, 0.5) is 0 Å². The molecule has 0 nitrogen and oxygen atoms in total. The Hall–Kier alpha value is -0.520. The number of allylic oxidation sites excluding steroid dienone is 4. The summed E-state index contributed by atoms with van der Waals surface area (Å²) < 4.78 is 0. The highest BCUT2D eigenvalue weighted by Gasteiger charge is 2.38. The maximum atomic E-state index is 2.70. The molecule has 33 heavy (non-hydrogen) atoms. The zero-order valence-corrected chi connectivity index (χ0v) is 24.4. The molecule has 0 aromatic heterocycles. The van der Waals surface area contributed by atoms with Crippen molar-refractivity contribution >= 4 is 0 Å². The highest BCUT2D eigenvalue weighted by Crippen LogP contribution is 2.49. The van der Waals surface area contributed by atoms with Crippen molar-refractivity contribution in [1.29, 1.82) is 0 Å². The molecule has 0 heteroatoms. The molecule has 2 aliphatic rings. The van der Waals surface area contributed by atoms with Gasteiger partial charge < -0.3 is 0 Å². The molecule has 5 atom stereocenters. The van der Waals surface area contributed by atoms with E-state index in [0.29, 0.717) is 22.7 Å². The van der Waals surface area contributed by atoms with Crippen LogP contribution in [0.2, 0.25) is 0 Å². The van der Waals surface area contributed by atoms with E-state index in [1.54, 1.807) is 11.1 Å². The molecule has 0 amide bonds. The summed E-state index contributed by atoms with van der Waals surface area (Å²) in [4.78, 5) is 0. The molecule has 192 valence electrons. The lowest BCUT2D eigenvalue weighted by Crippen LogP contribution is -2.34. The maximum Gasteiger partial charge on any atom is -0.0169 e. The molecule has 0 aliphatic heterocycles. The molecular weight excluding hydrogens is 396 g/mol. The second-order valence-corrected chi connectivity index (χ2v) is 14.1. The lowest BCUT2D eigenvalue weighted by atomic mass is 9.61. The zero-order valence-electron chi connectivity index (χ0n) is 24.4. The Morgan fingerprint density at radius 3 is 2.27 bits per heavy atom. The number of rotatable bonds is 11. The molecule has 0 radical (unpaired) electrons. The third-order valence-electron chi connectivity index (χ3n) is 9.27. The second kappa shape index (κ2) is 12.4. The Morgan fingerprint density at radius 2 is 1.70 bits per heavy atom. The van der Waals surface area contributed by atoms with E-state index >= 15 is 0 Å². The van der Waals surface area contributed by atoms with Crippen molar-refractivity contribution in [2.24, 2.45) is 46.3 Å². The molecule has 0 bridgehead atoms. The van der Waals surface area contributed by atoms with Gasteiger partial charge in [0.05, 0.1) is 0 Å². The van der Waals surface area contributed by atoms with Crippen LogP contribution < -0.4 is 0 Å². The van der Waals surface area contributed by atoms with Crippen LogP contribution in [0.1, 0.15) is 140 Å². The molecule has 0 aromatic rings. The van der Waals surface area contributed by atoms with Gasteiger partial charge in [0.25, 0.3) is 0 Å². The van der Waals surface area contributed by atoms with Crippen molar-refractivity contribution in [3.05, 3.63) is 23.3 Å². The van der Waals surface area contributed by atoms with E-state index in [4.69, 9.17) is 0 Å². The number of hydrogen-bond donors (Lipinski definition) is 0. The van der Waals surface area contributed by atoms with E-state index in [2.05, 4.69) is 81.4 Å².